The van der Waals surface area contributed by atoms with Crippen molar-refractivity contribution in [2.24, 2.45) is 0 Å². The highest BCUT2D eigenvalue weighted by Gasteiger charge is 2.04. The van der Waals surface area contributed by atoms with Crippen LogP contribution >= 0.6 is 15.9 Å². The zero-order valence-corrected chi connectivity index (χ0v) is 8.65. The molecular weight excluding hydrogens is 234 g/mol. The number of rotatable bonds is 2. The Bertz CT molecular complexity index is 426. The van der Waals surface area contributed by atoms with Gasteiger partial charge in [0.15, 0.2) is 5.65 Å². The van der Waals surface area contributed by atoms with E-state index in [1.54, 1.807) is 11.6 Å². The third-order valence-corrected chi connectivity index (χ3v) is 2.15. The quantitative estimate of drug-likeness (QED) is 0.803. The number of halogens is 1. The van der Waals surface area contributed by atoms with Crippen LogP contribution in [0.2, 0.25) is 0 Å². The Morgan fingerprint density at radius 1 is 1.62 bits per heavy atom. The number of methoxy groups -OCH3 is 1. The number of nitrogens with zero attached hydrogens (tertiary/aromatic N) is 3. The second-order valence-electron chi connectivity index (χ2n) is 2.64. The van der Waals surface area contributed by atoms with Crippen LogP contribution in [-0.4, -0.2) is 21.7 Å². The van der Waals surface area contributed by atoms with Crippen molar-refractivity contribution in [2.75, 3.05) is 7.11 Å². The van der Waals surface area contributed by atoms with E-state index in [0.29, 0.717) is 6.61 Å². The van der Waals surface area contributed by atoms with Gasteiger partial charge >= 0.3 is 0 Å². The Morgan fingerprint density at radius 3 is 3.23 bits per heavy atom. The molecule has 2 aromatic rings. The summed E-state index contributed by atoms with van der Waals surface area (Å²) in [5.41, 5.74) is 1.86. The molecule has 0 fully saturated rings. The minimum atomic E-state index is 0.543. The van der Waals surface area contributed by atoms with Crippen LogP contribution in [0.4, 0.5) is 0 Å². The van der Waals surface area contributed by atoms with Crippen LogP contribution in [0.5, 0.6) is 0 Å². The monoisotopic (exact) mass is 241 g/mol. The fraction of sp³-hybridized carbons (Fsp3) is 0.250. The number of ether oxygens (including phenoxy) is 1. The molecule has 0 N–H and O–H groups in total. The Kier molecular flexibility index (Phi) is 2.28. The average molecular weight is 242 g/mol. The van der Waals surface area contributed by atoms with Crippen LogP contribution < -0.4 is 0 Å². The first-order valence-corrected chi connectivity index (χ1v) is 4.57. The second kappa shape index (κ2) is 3.43. The van der Waals surface area contributed by atoms with E-state index in [2.05, 4.69) is 26.0 Å². The molecule has 4 nitrogen and oxygen atoms in total. The van der Waals surface area contributed by atoms with Crippen LogP contribution in [0.1, 0.15) is 5.56 Å². The second-order valence-corrected chi connectivity index (χ2v) is 3.56. The lowest BCUT2D eigenvalue weighted by Crippen LogP contribution is -1.95. The van der Waals surface area contributed by atoms with Crippen molar-refractivity contribution in [3.63, 3.8) is 0 Å². The fourth-order valence-corrected chi connectivity index (χ4v) is 1.69. The van der Waals surface area contributed by atoms with Crippen LogP contribution in [0.15, 0.2) is 23.1 Å². The molecule has 0 aromatic carbocycles. The maximum absolute atomic E-state index is 5.06. The van der Waals surface area contributed by atoms with Gasteiger partial charge in [-0.25, -0.2) is 9.50 Å². The number of pyridine rings is 1. The molecule has 2 aromatic heterocycles. The molecule has 13 heavy (non-hydrogen) atoms. The molecular formula is C8H8BrN3O. The van der Waals surface area contributed by atoms with Crippen molar-refractivity contribution >= 4 is 21.6 Å². The maximum Gasteiger partial charge on any atom is 0.160 e. The zero-order valence-electron chi connectivity index (χ0n) is 7.07. The highest BCUT2D eigenvalue weighted by atomic mass is 79.9. The van der Waals surface area contributed by atoms with Gasteiger partial charge in [0.05, 0.1) is 6.61 Å². The molecule has 2 rings (SSSR count). The predicted molar refractivity (Wildman–Crippen MR) is 51.4 cm³/mol. The lowest BCUT2D eigenvalue weighted by molar-refractivity contribution is 0.185. The van der Waals surface area contributed by atoms with Gasteiger partial charge in [0.25, 0.3) is 0 Å². The topological polar surface area (TPSA) is 39.4 Å². The maximum atomic E-state index is 5.06. The van der Waals surface area contributed by atoms with E-state index in [0.717, 1.165) is 15.7 Å². The zero-order chi connectivity index (χ0) is 9.26. The molecule has 0 amide bonds. The Morgan fingerprint density at radius 2 is 2.46 bits per heavy atom. The third kappa shape index (κ3) is 1.57. The SMILES string of the molecule is COCc1cc(Br)cn2ncnc12. The van der Waals surface area contributed by atoms with Gasteiger partial charge in [-0.2, -0.15) is 5.10 Å². The number of hydrogen-bond donors (Lipinski definition) is 0. The molecule has 0 bridgehead atoms. The molecule has 5 heteroatoms. The molecule has 0 aliphatic heterocycles. The highest BCUT2D eigenvalue weighted by Crippen LogP contribution is 2.16. The van der Waals surface area contributed by atoms with Crippen LogP contribution in [0.25, 0.3) is 5.65 Å². The standard InChI is InChI=1S/C8H8BrN3O/c1-13-4-6-2-7(9)3-12-8(6)10-5-11-12/h2-3,5H,4H2,1H3. The molecule has 0 saturated heterocycles. The van der Waals surface area contributed by atoms with Crippen molar-refractivity contribution < 1.29 is 4.74 Å². The molecule has 0 saturated carbocycles. The van der Waals surface area contributed by atoms with Crippen LogP contribution in [-0.2, 0) is 11.3 Å². The number of hydrogen-bond acceptors (Lipinski definition) is 3. The van der Waals surface area contributed by atoms with Gasteiger partial charge in [-0.15, -0.1) is 0 Å². The van der Waals surface area contributed by atoms with Crippen LogP contribution in [0, 0.1) is 0 Å². The number of aromatic nitrogens is 3. The van der Waals surface area contributed by atoms with Crippen molar-refractivity contribution in [1.82, 2.24) is 14.6 Å². The minimum Gasteiger partial charge on any atom is -0.380 e. The van der Waals surface area contributed by atoms with Crippen molar-refractivity contribution in [2.45, 2.75) is 6.61 Å². The molecule has 0 atom stereocenters. The molecule has 0 radical (unpaired) electrons. The first-order valence-electron chi connectivity index (χ1n) is 3.78. The van der Waals surface area contributed by atoms with Gasteiger partial charge in [0.1, 0.15) is 6.33 Å². The summed E-state index contributed by atoms with van der Waals surface area (Å²) >= 11 is 3.39. The summed E-state index contributed by atoms with van der Waals surface area (Å²) in [6.07, 6.45) is 3.39. The van der Waals surface area contributed by atoms with E-state index >= 15 is 0 Å². The predicted octanol–water partition coefficient (Wildman–Crippen LogP) is 1.64. The van der Waals surface area contributed by atoms with E-state index in [1.165, 1.54) is 6.33 Å². The summed E-state index contributed by atoms with van der Waals surface area (Å²) in [6.45, 7) is 0.543. The van der Waals surface area contributed by atoms with Crippen LogP contribution in [0.3, 0.4) is 0 Å². The largest absolute Gasteiger partial charge is 0.380 e. The van der Waals surface area contributed by atoms with E-state index in [9.17, 15) is 0 Å². The average Bonchev–Trinajstić information content (AvgIpc) is 2.52. The Balaban J connectivity index is 2.63. The molecule has 0 aliphatic rings. The first-order chi connectivity index (χ1) is 6.31. The van der Waals surface area contributed by atoms with Crippen molar-refractivity contribution in [1.29, 1.82) is 0 Å². The van der Waals surface area contributed by atoms with E-state index < -0.39 is 0 Å². The van der Waals surface area contributed by atoms with E-state index in [-0.39, 0.29) is 0 Å². The lowest BCUT2D eigenvalue weighted by Gasteiger charge is -2.01. The van der Waals surface area contributed by atoms with Gasteiger partial charge in [-0.1, -0.05) is 0 Å². The molecule has 0 aliphatic carbocycles. The Labute approximate surface area is 83.7 Å². The van der Waals surface area contributed by atoms with Gasteiger partial charge in [-0.05, 0) is 22.0 Å². The molecule has 2 heterocycles. The van der Waals surface area contributed by atoms with E-state index in [1.807, 2.05) is 12.3 Å². The normalized spacial score (nSPS) is 10.9. The summed E-state index contributed by atoms with van der Waals surface area (Å²) in [5.74, 6) is 0. The van der Waals surface area contributed by atoms with Crippen molar-refractivity contribution in [3.05, 3.63) is 28.6 Å². The summed E-state index contributed by atoms with van der Waals surface area (Å²) in [6, 6.07) is 1.98. The minimum absolute atomic E-state index is 0.543. The van der Waals surface area contributed by atoms with Gasteiger partial charge in [0, 0.05) is 23.3 Å². The van der Waals surface area contributed by atoms with Crippen molar-refractivity contribution in [3.8, 4) is 0 Å². The highest BCUT2D eigenvalue weighted by molar-refractivity contribution is 9.10. The summed E-state index contributed by atoms with van der Waals surface area (Å²) in [5, 5.41) is 4.04. The summed E-state index contributed by atoms with van der Waals surface area (Å²) in [4.78, 5) is 4.13. The fourth-order valence-electron chi connectivity index (χ4n) is 1.22. The van der Waals surface area contributed by atoms with Gasteiger partial charge < -0.3 is 4.74 Å². The third-order valence-electron chi connectivity index (χ3n) is 1.72. The Hall–Kier alpha value is -0.940. The summed E-state index contributed by atoms with van der Waals surface area (Å²) < 4.78 is 7.75. The van der Waals surface area contributed by atoms with Gasteiger partial charge in [0.2, 0.25) is 0 Å². The van der Waals surface area contributed by atoms with E-state index in [4.69, 9.17) is 4.74 Å². The number of fused-ring (bicyclic) bond motifs is 1. The molecule has 0 unspecified atom stereocenters. The first kappa shape index (κ1) is 8.65. The molecule has 68 valence electrons. The summed E-state index contributed by atoms with van der Waals surface area (Å²) in [7, 11) is 1.66. The molecule has 0 spiro atoms. The lowest BCUT2D eigenvalue weighted by atomic mass is 10.3. The van der Waals surface area contributed by atoms with Gasteiger partial charge in [-0.3, -0.25) is 0 Å². The smallest absolute Gasteiger partial charge is 0.160 e.